The zero-order valence-corrected chi connectivity index (χ0v) is 9.77. The Balaban J connectivity index is 2.08. The largest absolute Gasteiger partial charge is 0.346 e. The topological polar surface area (TPSA) is 55.9 Å². The summed E-state index contributed by atoms with van der Waals surface area (Å²) in [6, 6.07) is 2.45. The third kappa shape index (κ3) is 2.30. The van der Waals surface area contributed by atoms with Gasteiger partial charge in [-0.2, -0.15) is 4.98 Å². The Labute approximate surface area is 94.5 Å². The van der Waals surface area contributed by atoms with Gasteiger partial charge in [-0.25, -0.2) is 0 Å². The van der Waals surface area contributed by atoms with Crippen molar-refractivity contribution in [3.63, 3.8) is 0 Å². The molecule has 0 saturated carbocycles. The van der Waals surface area contributed by atoms with E-state index in [1.54, 1.807) is 6.92 Å². The molecular weight excluding hydrogens is 204 g/mol. The lowest BCUT2D eigenvalue weighted by atomic mass is 10.2. The van der Waals surface area contributed by atoms with Gasteiger partial charge in [-0.05, 0) is 25.6 Å². The number of nitrogens with zero attached hydrogens (tertiary/aromatic N) is 3. The van der Waals surface area contributed by atoms with E-state index >= 15 is 0 Å². The van der Waals surface area contributed by atoms with Gasteiger partial charge in [-0.1, -0.05) is 5.16 Å². The summed E-state index contributed by atoms with van der Waals surface area (Å²) in [6.45, 7) is 4.56. The van der Waals surface area contributed by atoms with Gasteiger partial charge in [0.25, 0.3) is 0 Å². The standard InChI is InChI=1S/C11H16N4O/c1-8(12-3)10-4-5-15(6-10)7-11-13-9(2)16-14-11/h4-6,8,12H,7H2,1-3H3. The second kappa shape index (κ2) is 4.49. The lowest BCUT2D eigenvalue weighted by molar-refractivity contribution is 0.386. The molecule has 2 aromatic heterocycles. The molecule has 0 aliphatic rings. The van der Waals surface area contributed by atoms with Crippen molar-refractivity contribution in [3.05, 3.63) is 35.7 Å². The fraction of sp³-hybridized carbons (Fsp3) is 0.455. The van der Waals surface area contributed by atoms with Gasteiger partial charge in [0.05, 0.1) is 6.54 Å². The molecule has 0 amide bonds. The maximum absolute atomic E-state index is 4.93. The summed E-state index contributed by atoms with van der Waals surface area (Å²) in [5.41, 5.74) is 1.25. The molecule has 0 aliphatic carbocycles. The molecule has 0 aromatic carbocycles. The molecule has 2 rings (SSSR count). The van der Waals surface area contributed by atoms with Gasteiger partial charge in [0, 0.05) is 25.4 Å². The van der Waals surface area contributed by atoms with Crippen LogP contribution in [0.4, 0.5) is 0 Å². The van der Waals surface area contributed by atoms with Crippen molar-refractivity contribution >= 4 is 0 Å². The third-order valence-electron chi connectivity index (χ3n) is 2.60. The van der Waals surface area contributed by atoms with Crippen molar-refractivity contribution in [2.75, 3.05) is 7.05 Å². The highest BCUT2D eigenvalue weighted by Crippen LogP contribution is 2.12. The second-order valence-electron chi connectivity index (χ2n) is 3.86. The van der Waals surface area contributed by atoms with Crippen LogP contribution in [0.5, 0.6) is 0 Å². The van der Waals surface area contributed by atoms with Gasteiger partial charge < -0.3 is 14.4 Å². The molecule has 2 heterocycles. The molecule has 0 bridgehead atoms. The summed E-state index contributed by atoms with van der Waals surface area (Å²) in [4.78, 5) is 4.17. The Bertz CT molecular complexity index is 460. The Morgan fingerprint density at radius 3 is 3.00 bits per heavy atom. The number of aromatic nitrogens is 3. The molecule has 86 valence electrons. The molecule has 1 unspecified atom stereocenters. The molecule has 0 spiro atoms. The molecule has 16 heavy (non-hydrogen) atoms. The molecule has 5 nitrogen and oxygen atoms in total. The average Bonchev–Trinajstić information content (AvgIpc) is 2.87. The molecule has 2 aromatic rings. The zero-order chi connectivity index (χ0) is 11.5. The van der Waals surface area contributed by atoms with E-state index in [0.29, 0.717) is 24.3 Å². The van der Waals surface area contributed by atoms with Crippen molar-refractivity contribution in [2.24, 2.45) is 0 Å². The molecule has 1 N–H and O–H groups in total. The van der Waals surface area contributed by atoms with Crippen LogP contribution < -0.4 is 5.32 Å². The fourth-order valence-electron chi connectivity index (χ4n) is 1.55. The maximum atomic E-state index is 4.93. The molecule has 0 radical (unpaired) electrons. The lowest BCUT2D eigenvalue weighted by Crippen LogP contribution is -2.11. The minimum absolute atomic E-state index is 0.355. The van der Waals surface area contributed by atoms with Gasteiger partial charge >= 0.3 is 0 Å². The summed E-state index contributed by atoms with van der Waals surface area (Å²) in [7, 11) is 1.95. The van der Waals surface area contributed by atoms with Gasteiger partial charge in [0.2, 0.25) is 5.89 Å². The van der Waals surface area contributed by atoms with E-state index in [1.807, 2.05) is 17.8 Å². The van der Waals surface area contributed by atoms with Crippen LogP contribution in [0.25, 0.3) is 0 Å². The van der Waals surface area contributed by atoms with Crippen LogP contribution in [0, 0.1) is 6.92 Å². The van der Waals surface area contributed by atoms with Crippen LogP contribution in [0.1, 0.15) is 30.2 Å². The number of aryl methyl sites for hydroxylation is 1. The highest BCUT2D eigenvalue weighted by Gasteiger charge is 2.06. The van der Waals surface area contributed by atoms with Crippen LogP contribution >= 0.6 is 0 Å². The maximum Gasteiger partial charge on any atom is 0.223 e. The van der Waals surface area contributed by atoms with E-state index in [-0.39, 0.29) is 0 Å². The number of rotatable bonds is 4. The Morgan fingerprint density at radius 2 is 2.38 bits per heavy atom. The predicted molar refractivity (Wildman–Crippen MR) is 60.0 cm³/mol. The summed E-state index contributed by atoms with van der Waals surface area (Å²) in [5, 5.41) is 7.06. The van der Waals surface area contributed by atoms with Gasteiger partial charge in [0.1, 0.15) is 0 Å². The normalized spacial score (nSPS) is 12.9. The smallest absolute Gasteiger partial charge is 0.223 e. The highest BCUT2D eigenvalue weighted by atomic mass is 16.5. The Hall–Kier alpha value is -1.62. The van der Waals surface area contributed by atoms with Crippen LogP contribution in [-0.2, 0) is 6.54 Å². The summed E-state index contributed by atoms with van der Waals surface area (Å²) < 4.78 is 6.97. The molecule has 0 aliphatic heterocycles. The first-order valence-corrected chi connectivity index (χ1v) is 5.31. The van der Waals surface area contributed by atoms with E-state index in [9.17, 15) is 0 Å². The zero-order valence-electron chi connectivity index (χ0n) is 9.77. The van der Waals surface area contributed by atoms with Crippen molar-refractivity contribution in [1.82, 2.24) is 20.0 Å². The number of nitrogens with one attached hydrogen (secondary N) is 1. The van der Waals surface area contributed by atoms with Crippen LogP contribution in [-0.4, -0.2) is 21.8 Å². The molecule has 0 fully saturated rings. The first-order chi connectivity index (χ1) is 7.69. The minimum atomic E-state index is 0.355. The minimum Gasteiger partial charge on any atom is -0.346 e. The van der Waals surface area contributed by atoms with Crippen LogP contribution in [0.2, 0.25) is 0 Å². The summed E-state index contributed by atoms with van der Waals surface area (Å²) >= 11 is 0. The van der Waals surface area contributed by atoms with Gasteiger partial charge in [-0.15, -0.1) is 0 Å². The highest BCUT2D eigenvalue weighted by molar-refractivity contribution is 5.15. The third-order valence-corrected chi connectivity index (χ3v) is 2.60. The Kier molecular flexibility index (Phi) is 3.05. The SMILES string of the molecule is CNC(C)c1ccn(Cc2noc(C)n2)c1. The molecule has 5 heteroatoms. The molecule has 0 saturated heterocycles. The van der Waals surface area contributed by atoms with E-state index in [4.69, 9.17) is 4.52 Å². The summed E-state index contributed by atoms with van der Waals surface area (Å²) in [5.74, 6) is 1.31. The second-order valence-corrected chi connectivity index (χ2v) is 3.86. The monoisotopic (exact) mass is 220 g/mol. The predicted octanol–water partition coefficient (Wildman–Crippen LogP) is 1.51. The van der Waals surface area contributed by atoms with Crippen LogP contribution in [0.3, 0.4) is 0 Å². The first kappa shape index (κ1) is 10.9. The van der Waals surface area contributed by atoms with Crippen molar-refractivity contribution in [1.29, 1.82) is 0 Å². The lowest BCUT2D eigenvalue weighted by Gasteiger charge is -2.06. The van der Waals surface area contributed by atoms with E-state index in [1.165, 1.54) is 5.56 Å². The van der Waals surface area contributed by atoms with Crippen molar-refractivity contribution < 1.29 is 4.52 Å². The van der Waals surface area contributed by atoms with E-state index in [2.05, 4.69) is 34.6 Å². The molecular formula is C11H16N4O. The van der Waals surface area contributed by atoms with Crippen LogP contribution in [0.15, 0.2) is 23.0 Å². The van der Waals surface area contributed by atoms with Gasteiger partial charge in [-0.3, -0.25) is 0 Å². The summed E-state index contributed by atoms with van der Waals surface area (Å²) in [6.07, 6.45) is 4.11. The van der Waals surface area contributed by atoms with E-state index in [0.717, 1.165) is 0 Å². The van der Waals surface area contributed by atoms with E-state index < -0.39 is 0 Å². The van der Waals surface area contributed by atoms with Crippen molar-refractivity contribution in [2.45, 2.75) is 26.4 Å². The van der Waals surface area contributed by atoms with Gasteiger partial charge in [0.15, 0.2) is 5.82 Å². The number of hydrogen-bond donors (Lipinski definition) is 1. The molecule has 1 atom stereocenters. The van der Waals surface area contributed by atoms with Crippen molar-refractivity contribution in [3.8, 4) is 0 Å². The fourth-order valence-corrected chi connectivity index (χ4v) is 1.55. The number of hydrogen-bond acceptors (Lipinski definition) is 4. The quantitative estimate of drug-likeness (QED) is 0.848. The first-order valence-electron chi connectivity index (χ1n) is 5.31. The Morgan fingerprint density at radius 1 is 1.56 bits per heavy atom. The average molecular weight is 220 g/mol.